The molecule has 0 radical (unpaired) electrons. The average molecular weight is 337 g/mol. The molecular formula is C20H23N3O2. The van der Waals surface area contributed by atoms with Gasteiger partial charge in [-0.05, 0) is 24.6 Å². The lowest BCUT2D eigenvalue weighted by molar-refractivity contribution is 0.386. The quantitative estimate of drug-likeness (QED) is 0.713. The van der Waals surface area contributed by atoms with Crippen molar-refractivity contribution in [2.45, 2.75) is 19.5 Å². The largest absolute Gasteiger partial charge is 0.497 e. The summed E-state index contributed by atoms with van der Waals surface area (Å²) in [5.41, 5.74) is 3.43. The summed E-state index contributed by atoms with van der Waals surface area (Å²) in [6, 6.07) is 14.3. The Morgan fingerprint density at radius 3 is 2.68 bits per heavy atom. The van der Waals surface area contributed by atoms with Crippen LogP contribution in [0.4, 0.5) is 0 Å². The Bertz CT molecular complexity index is 816. The minimum atomic E-state index is 0.136. The summed E-state index contributed by atoms with van der Waals surface area (Å²) in [6.45, 7) is 2.87. The molecule has 1 N–H and O–H groups in total. The van der Waals surface area contributed by atoms with Crippen LogP contribution in [0.2, 0.25) is 0 Å². The van der Waals surface area contributed by atoms with Crippen molar-refractivity contribution in [3.05, 3.63) is 72.3 Å². The minimum absolute atomic E-state index is 0.136. The van der Waals surface area contributed by atoms with Crippen LogP contribution in [-0.2, 0) is 6.54 Å². The highest BCUT2D eigenvalue weighted by Crippen LogP contribution is 2.29. The van der Waals surface area contributed by atoms with E-state index in [1.807, 2.05) is 41.4 Å². The topological polar surface area (TPSA) is 48.3 Å². The summed E-state index contributed by atoms with van der Waals surface area (Å²) in [7, 11) is 3.34. The van der Waals surface area contributed by atoms with Crippen LogP contribution in [0.5, 0.6) is 11.5 Å². The van der Waals surface area contributed by atoms with Crippen molar-refractivity contribution in [2.75, 3.05) is 14.2 Å². The van der Waals surface area contributed by atoms with E-state index in [4.69, 9.17) is 9.47 Å². The van der Waals surface area contributed by atoms with Gasteiger partial charge in [-0.1, -0.05) is 24.3 Å². The molecule has 0 saturated heterocycles. The number of ether oxygens (including phenoxy) is 2. The highest BCUT2D eigenvalue weighted by molar-refractivity contribution is 5.43. The Labute approximate surface area is 148 Å². The van der Waals surface area contributed by atoms with E-state index in [0.717, 1.165) is 29.3 Å². The number of methoxy groups -OCH3 is 2. The van der Waals surface area contributed by atoms with Gasteiger partial charge in [0, 0.05) is 36.6 Å². The molecule has 1 heterocycles. The molecule has 2 aromatic carbocycles. The second kappa shape index (κ2) is 7.85. The van der Waals surface area contributed by atoms with Crippen molar-refractivity contribution < 1.29 is 9.47 Å². The highest BCUT2D eigenvalue weighted by Gasteiger charge is 2.13. The summed E-state index contributed by atoms with van der Waals surface area (Å²) >= 11 is 0. The van der Waals surface area contributed by atoms with Gasteiger partial charge in [0.15, 0.2) is 0 Å². The number of aromatic nitrogens is 2. The molecule has 5 nitrogen and oxygen atoms in total. The van der Waals surface area contributed by atoms with Crippen molar-refractivity contribution >= 4 is 0 Å². The van der Waals surface area contributed by atoms with Gasteiger partial charge < -0.3 is 19.4 Å². The third-order valence-corrected chi connectivity index (χ3v) is 4.28. The van der Waals surface area contributed by atoms with Gasteiger partial charge in [0.05, 0.1) is 26.2 Å². The van der Waals surface area contributed by atoms with Crippen LogP contribution < -0.4 is 14.8 Å². The van der Waals surface area contributed by atoms with Crippen LogP contribution >= 0.6 is 0 Å². The predicted octanol–water partition coefficient (Wildman–Crippen LogP) is 3.74. The zero-order valence-corrected chi connectivity index (χ0v) is 14.8. The average Bonchev–Trinajstić information content (AvgIpc) is 3.20. The van der Waals surface area contributed by atoms with Gasteiger partial charge in [0.25, 0.3) is 0 Å². The van der Waals surface area contributed by atoms with Crippen LogP contribution in [0, 0.1) is 0 Å². The maximum atomic E-state index is 5.51. The van der Waals surface area contributed by atoms with Gasteiger partial charge in [0.2, 0.25) is 0 Å². The molecule has 0 aliphatic carbocycles. The first-order valence-electron chi connectivity index (χ1n) is 8.24. The molecule has 1 atom stereocenters. The number of rotatable bonds is 7. The summed E-state index contributed by atoms with van der Waals surface area (Å²) in [4.78, 5) is 4.14. The monoisotopic (exact) mass is 337 g/mol. The van der Waals surface area contributed by atoms with E-state index < -0.39 is 0 Å². The molecular weight excluding hydrogens is 314 g/mol. The zero-order valence-electron chi connectivity index (χ0n) is 14.8. The van der Waals surface area contributed by atoms with E-state index in [9.17, 15) is 0 Å². The third kappa shape index (κ3) is 3.83. The van der Waals surface area contributed by atoms with Gasteiger partial charge in [0.1, 0.15) is 11.5 Å². The van der Waals surface area contributed by atoms with E-state index >= 15 is 0 Å². The smallest absolute Gasteiger partial charge is 0.127 e. The number of hydrogen-bond donors (Lipinski definition) is 1. The second-order valence-electron chi connectivity index (χ2n) is 5.81. The number of nitrogens with one attached hydrogen (secondary N) is 1. The van der Waals surface area contributed by atoms with Crippen molar-refractivity contribution in [2.24, 2.45) is 0 Å². The predicted molar refractivity (Wildman–Crippen MR) is 98.4 cm³/mol. The van der Waals surface area contributed by atoms with Gasteiger partial charge in [-0.25, -0.2) is 4.98 Å². The van der Waals surface area contributed by atoms with Crippen molar-refractivity contribution in [1.82, 2.24) is 14.9 Å². The SMILES string of the molecule is COc1ccc([C@H](C)NCc2ccccc2-n2ccnc2)c(OC)c1. The first-order chi connectivity index (χ1) is 12.2. The number of imidazole rings is 1. The van der Waals surface area contributed by atoms with Crippen LogP contribution in [0.3, 0.4) is 0 Å². The molecule has 3 rings (SSSR count). The van der Waals surface area contributed by atoms with Gasteiger partial charge >= 0.3 is 0 Å². The molecule has 1 aromatic heterocycles. The molecule has 130 valence electrons. The minimum Gasteiger partial charge on any atom is -0.497 e. The molecule has 0 fully saturated rings. The molecule has 0 aliphatic rings. The number of benzene rings is 2. The van der Waals surface area contributed by atoms with E-state index in [1.165, 1.54) is 5.56 Å². The Morgan fingerprint density at radius 2 is 1.96 bits per heavy atom. The summed E-state index contributed by atoms with van der Waals surface area (Å²) < 4.78 is 12.8. The lowest BCUT2D eigenvalue weighted by atomic mass is 10.1. The second-order valence-corrected chi connectivity index (χ2v) is 5.81. The fraction of sp³-hybridized carbons (Fsp3) is 0.250. The normalized spacial score (nSPS) is 12.0. The highest BCUT2D eigenvalue weighted by atomic mass is 16.5. The molecule has 0 aliphatic heterocycles. The number of nitrogens with zero attached hydrogens (tertiary/aromatic N) is 2. The Morgan fingerprint density at radius 1 is 1.12 bits per heavy atom. The van der Waals surface area contributed by atoms with Crippen LogP contribution in [-0.4, -0.2) is 23.8 Å². The standard InChI is InChI=1S/C20H23N3O2/c1-15(18-9-8-17(24-2)12-20(18)25-3)22-13-16-6-4-5-7-19(16)23-11-10-21-14-23/h4-12,14-15,22H,13H2,1-3H3/t15-/m0/s1. The van der Waals surface area contributed by atoms with Gasteiger partial charge in [-0.3, -0.25) is 0 Å². The van der Waals surface area contributed by atoms with E-state index in [0.29, 0.717) is 0 Å². The first kappa shape index (κ1) is 17.0. The molecule has 0 unspecified atom stereocenters. The Kier molecular flexibility index (Phi) is 5.36. The molecule has 25 heavy (non-hydrogen) atoms. The van der Waals surface area contributed by atoms with Crippen LogP contribution in [0.15, 0.2) is 61.2 Å². The molecule has 0 amide bonds. The lowest BCUT2D eigenvalue weighted by Gasteiger charge is -2.19. The Hall–Kier alpha value is -2.79. The molecule has 3 aromatic rings. The third-order valence-electron chi connectivity index (χ3n) is 4.28. The summed E-state index contributed by atoms with van der Waals surface area (Å²) in [6.07, 6.45) is 5.55. The number of hydrogen-bond acceptors (Lipinski definition) is 4. The fourth-order valence-corrected chi connectivity index (χ4v) is 2.86. The van der Waals surface area contributed by atoms with E-state index in [2.05, 4.69) is 35.4 Å². The fourth-order valence-electron chi connectivity index (χ4n) is 2.86. The van der Waals surface area contributed by atoms with Crippen molar-refractivity contribution in [1.29, 1.82) is 0 Å². The first-order valence-corrected chi connectivity index (χ1v) is 8.24. The van der Waals surface area contributed by atoms with Crippen molar-refractivity contribution in [3.8, 4) is 17.2 Å². The summed E-state index contributed by atoms with van der Waals surface area (Å²) in [5.74, 6) is 1.61. The van der Waals surface area contributed by atoms with E-state index in [1.54, 1.807) is 20.4 Å². The molecule has 5 heteroatoms. The van der Waals surface area contributed by atoms with Crippen LogP contribution in [0.1, 0.15) is 24.1 Å². The summed E-state index contributed by atoms with van der Waals surface area (Å²) in [5, 5.41) is 3.58. The number of para-hydroxylation sites is 1. The van der Waals surface area contributed by atoms with Gasteiger partial charge in [-0.15, -0.1) is 0 Å². The Balaban J connectivity index is 1.76. The van der Waals surface area contributed by atoms with Crippen molar-refractivity contribution in [3.63, 3.8) is 0 Å². The van der Waals surface area contributed by atoms with Gasteiger partial charge in [-0.2, -0.15) is 0 Å². The maximum Gasteiger partial charge on any atom is 0.127 e. The zero-order chi connectivity index (χ0) is 17.6. The van der Waals surface area contributed by atoms with Crippen LogP contribution in [0.25, 0.3) is 5.69 Å². The van der Waals surface area contributed by atoms with E-state index in [-0.39, 0.29) is 6.04 Å². The lowest BCUT2D eigenvalue weighted by Crippen LogP contribution is -2.19. The molecule has 0 bridgehead atoms. The maximum absolute atomic E-state index is 5.51. The molecule has 0 saturated carbocycles. The molecule has 0 spiro atoms.